The zero-order chi connectivity index (χ0) is 19.8. The van der Waals surface area contributed by atoms with Crippen LogP contribution >= 0.6 is 0 Å². The molecule has 0 fully saturated rings. The lowest BCUT2D eigenvalue weighted by Gasteiger charge is -2.15. The largest absolute Gasteiger partial charge is 0.459 e. The molecule has 3 rings (SSSR count). The van der Waals surface area contributed by atoms with Crippen LogP contribution in [-0.4, -0.2) is 35.4 Å². The van der Waals surface area contributed by atoms with Crippen LogP contribution in [0.3, 0.4) is 0 Å². The molecule has 3 aromatic rings. The van der Waals surface area contributed by atoms with Gasteiger partial charge in [-0.05, 0) is 35.9 Å². The number of hydrogen-bond donors (Lipinski definition) is 1. The molecule has 0 saturated carbocycles. The third kappa shape index (κ3) is 5.38. The van der Waals surface area contributed by atoms with Crippen molar-refractivity contribution in [1.29, 1.82) is 0 Å². The van der Waals surface area contributed by atoms with E-state index in [1.807, 2.05) is 30.3 Å². The molecule has 1 heterocycles. The molecular weight excluding hydrogens is 356 g/mol. The molecule has 0 spiro atoms. The number of esters is 1. The number of nitrogens with zero attached hydrogens (tertiary/aromatic N) is 3. The molecule has 142 valence electrons. The van der Waals surface area contributed by atoms with Crippen molar-refractivity contribution in [2.75, 3.05) is 23.8 Å². The number of carbonyl (C=O) groups excluding carboxylic acids is 2. The SMILES string of the molecule is CN(CC(=O)OCc1ccc(C(=O)Nc2ccccc2)cc1)c1ncccn1. The summed E-state index contributed by atoms with van der Waals surface area (Å²) in [5.41, 5.74) is 2.06. The number of carbonyl (C=O) groups is 2. The maximum Gasteiger partial charge on any atom is 0.325 e. The van der Waals surface area contributed by atoms with Gasteiger partial charge in [0.05, 0.1) is 0 Å². The number of benzene rings is 2. The monoisotopic (exact) mass is 376 g/mol. The number of aromatic nitrogens is 2. The summed E-state index contributed by atoms with van der Waals surface area (Å²) in [6.07, 6.45) is 3.22. The minimum Gasteiger partial charge on any atom is -0.459 e. The molecule has 0 radical (unpaired) electrons. The van der Waals surface area contributed by atoms with E-state index in [9.17, 15) is 9.59 Å². The van der Waals surface area contributed by atoms with E-state index >= 15 is 0 Å². The summed E-state index contributed by atoms with van der Waals surface area (Å²) in [4.78, 5) is 34.0. The van der Waals surface area contributed by atoms with Crippen LogP contribution in [0.1, 0.15) is 15.9 Å². The fourth-order valence-corrected chi connectivity index (χ4v) is 2.44. The molecule has 28 heavy (non-hydrogen) atoms. The van der Waals surface area contributed by atoms with Crippen molar-refractivity contribution in [3.63, 3.8) is 0 Å². The molecule has 0 saturated heterocycles. The Morgan fingerprint density at radius 2 is 1.64 bits per heavy atom. The van der Waals surface area contributed by atoms with Crippen molar-refractivity contribution < 1.29 is 14.3 Å². The molecule has 1 aromatic heterocycles. The summed E-state index contributed by atoms with van der Waals surface area (Å²) < 4.78 is 5.28. The van der Waals surface area contributed by atoms with Gasteiger partial charge >= 0.3 is 5.97 Å². The minimum atomic E-state index is -0.388. The second-order valence-electron chi connectivity index (χ2n) is 6.08. The first-order valence-electron chi connectivity index (χ1n) is 8.71. The summed E-state index contributed by atoms with van der Waals surface area (Å²) in [6.45, 7) is 0.171. The van der Waals surface area contributed by atoms with Gasteiger partial charge in [-0.15, -0.1) is 0 Å². The summed E-state index contributed by atoms with van der Waals surface area (Å²) in [7, 11) is 1.72. The summed E-state index contributed by atoms with van der Waals surface area (Å²) in [5, 5.41) is 2.82. The predicted octanol–water partition coefficient (Wildman–Crippen LogP) is 2.91. The molecule has 0 bridgehead atoms. The molecule has 2 aromatic carbocycles. The van der Waals surface area contributed by atoms with E-state index in [0.717, 1.165) is 11.3 Å². The molecule has 7 nitrogen and oxygen atoms in total. The van der Waals surface area contributed by atoms with Crippen molar-refractivity contribution in [2.45, 2.75) is 6.61 Å². The molecule has 0 aliphatic carbocycles. The smallest absolute Gasteiger partial charge is 0.325 e. The molecule has 0 aliphatic rings. The van der Waals surface area contributed by atoms with E-state index in [0.29, 0.717) is 11.5 Å². The first kappa shape index (κ1) is 19.0. The van der Waals surface area contributed by atoms with Crippen molar-refractivity contribution in [1.82, 2.24) is 9.97 Å². The first-order valence-corrected chi connectivity index (χ1v) is 8.71. The van der Waals surface area contributed by atoms with Gasteiger partial charge in [0, 0.05) is 30.7 Å². The second-order valence-corrected chi connectivity index (χ2v) is 6.08. The lowest BCUT2D eigenvalue weighted by atomic mass is 10.1. The van der Waals surface area contributed by atoms with Crippen LogP contribution in [0.4, 0.5) is 11.6 Å². The molecule has 1 amide bonds. The van der Waals surface area contributed by atoms with Gasteiger partial charge in [0.25, 0.3) is 5.91 Å². The molecule has 0 aliphatic heterocycles. The van der Waals surface area contributed by atoms with Crippen molar-refractivity contribution in [3.8, 4) is 0 Å². The van der Waals surface area contributed by atoms with Gasteiger partial charge in [-0.2, -0.15) is 0 Å². The number of rotatable bonds is 7. The molecule has 0 atom stereocenters. The molecular formula is C21H20N4O3. The van der Waals surface area contributed by atoms with Crippen LogP contribution in [-0.2, 0) is 16.1 Å². The highest BCUT2D eigenvalue weighted by molar-refractivity contribution is 6.04. The number of nitrogens with one attached hydrogen (secondary N) is 1. The lowest BCUT2D eigenvalue weighted by molar-refractivity contribution is -0.143. The zero-order valence-electron chi connectivity index (χ0n) is 15.4. The fourth-order valence-electron chi connectivity index (χ4n) is 2.44. The predicted molar refractivity (Wildman–Crippen MR) is 106 cm³/mol. The third-order valence-electron chi connectivity index (χ3n) is 3.91. The van der Waals surface area contributed by atoms with Crippen molar-refractivity contribution in [2.24, 2.45) is 0 Å². The van der Waals surface area contributed by atoms with Crippen LogP contribution in [0.25, 0.3) is 0 Å². The first-order chi connectivity index (χ1) is 13.6. The van der Waals surface area contributed by atoms with Gasteiger partial charge in [-0.3, -0.25) is 9.59 Å². The normalized spacial score (nSPS) is 10.2. The number of likely N-dealkylation sites (N-methyl/N-ethyl adjacent to an activating group) is 1. The zero-order valence-corrected chi connectivity index (χ0v) is 15.4. The highest BCUT2D eigenvalue weighted by Gasteiger charge is 2.11. The van der Waals surface area contributed by atoms with Gasteiger partial charge < -0.3 is 15.0 Å². The van der Waals surface area contributed by atoms with E-state index in [1.165, 1.54) is 0 Å². The Labute approximate surface area is 163 Å². The van der Waals surface area contributed by atoms with E-state index in [2.05, 4.69) is 15.3 Å². The summed E-state index contributed by atoms with van der Waals surface area (Å²) in [6, 6.07) is 17.9. The number of hydrogen-bond acceptors (Lipinski definition) is 6. The highest BCUT2D eigenvalue weighted by atomic mass is 16.5. The van der Waals surface area contributed by atoms with Crippen LogP contribution in [0.5, 0.6) is 0 Å². The van der Waals surface area contributed by atoms with Crippen LogP contribution in [0, 0.1) is 0 Å². The lowest BCUT2D eigenvalue weighted by Crippen LogP contribution is -2.28. The van der Waals surface area contributed by atoms with Gasteiger partial charge in [0.2, 0.25) is 5.95 Å². The Kier molecular flexibility index (Phi) is 6.30. The van der Waals surface area contributed by atoms with E-state index in [4.69, 9.17) is 4.74 Å². The van der Waals surface area contributed by atoms with Gasteiger partial charge in [0.1, 0.15) is 13.2 Å². The Morgan fingerprint density at radius 1 is 0.964 bits per heavy atom. The van der Waals surface area contributed by atoms with Crippen LogP contribution in [0.2, 0.25) is 0 Å². The Hall–Kier alpha value is -3.74. The third-order valence-corrected chi connectivity index (χ3v) is 3.91. The Morgan fingerprint density at radius 3 is 2.32 bits per heavy atom. The Balaban J connectivity index is 1.49. The Bertz CT molecular complexity index is 915. The molecule has 1 N–H and O–H groups in total. The average Bonchev–Trinajstić information content (AvgIpc) is 2.74. The summed E-state index contributed by atoms with van der Waals surface area (Å²) >= 11 is 0. The second kappa shape index (κ2) is 9.27. The topological polar surface area (TPSA) is 84.4 Å². The standard InChI is InChI=1S/C21H20N4O3/c1-25(21-22-12-5-13-23-21)14-19(26)28-15-16-8-10-17(11-9-16)20(27)24-18-6-3-2-4-7-18/h2-13H,14-15H2,1H3,(H,24,27). The highest BCUT2D eigenvalue weighted by Crippen LogP contribution is 2.11. The molecule has 0 unspecified atom stereocenters. The summed E-state index contributed by atoms with van der Waals surface area (Å²) in [5.74, 6) is -0.131. The molecule has 7 heteroatoms. The van der Waals surface area contributed by atoms with E-state index in [-0.39, 0.29) is 25.0 Å². The minimum absolute atomic E-state index is 0.0432. The maximum absolute atomic E-state index is 12.2. The van der Waals surface area contributed by atoms with Crippen molar-refractivity contribution >= 4 is 23.5 Å². The van der Waals surface area contributed by atoms with Crippen LogP contribution in [0.15, 0.2) is 73.1 Å². The van der Waals surface area contributed by atoms with Gasteiger partial charge in [0.15, 0.2) is 0 Å². The van der Waals surface area contributed by atoms with E-state index in [1.54, 1.807) is 54.7 Å². The number of anilines is 2. The van der Waals surface area contributed by atoms with Crippen molar-refractivity contribution in [3.05, 3.63) is 84.2 Å². The van der Waals surface area contributed by atoms with E-state index < -0.39 is 0 Å². The van der Waals surface area contributed by atoms with Crippen LogP contribution < -0.4 is 10.2 Å². The number of para-hydroxylation sites is 1. The average molecular weight is 376 g/mol. The van der Waals surface area contributed by atoms with Gasteiger partial charge in [-0.1, -0.05) is 30.3 Å². The quantitative estimate of drug-likeness (QED) is 0.638. The number of amides is 1. The van der Waals surface area contributed by atoms with Gasteiger partial charge in [-0.25, -0.2) is 9.97 Å². The fraction of sp³-hybridized carbons (Fsp3) is 0.143. The number of ether oxygens (including phenoxy) is 1. The maximum atomic E-state index is 12.2.